The van der Waals surface area contributed by atoms with Crippen molar-refractivity contribution in [3.63, 3.8) is 0 Å². The number of fused-ring (bicyclic) bond motifs is 1. The molecule has 2 aromatic heterocycles. The fourth-order valence-electron chi connectivity index (χ4n) is 1.76. The van der Waals surface area contributed by atoms with E-state index in [2.05, 4.69) is 25.5 Å². The van der Waals surface area contributed by atoms with Crippen molar-refractivity contribution >= 4 is 22.8 Å². The Morgan fingerprint density at radius 2 is 2.33 bits per heavy atom. The summed E-state index contributed by atoms with van der Waals surface area (Å²) in [5.74, 6) is 0.303. The molecule has 0 aliphatic rings. The average Bonchev–Trinajstić information content (AvgIpc) is 2.83. The van der Waals surface area contributed by atoms with Gasteiger partial charge in [-0.3, -0.25) is 9.89 Å². The van der Waals surface area contributed by atoms with E-state index < -0.39 is 6.04 Å². The number of hydrogen-bond acceptors (Lipinski definition) is 5. The number of aromatic nitrogens is 4. The summed E-state index contributed by atoms with van der Waals surface area (Å²) in [5.41, 5.74) is 6.04. The molecule has 0 fully saturated rings. The largest absolute Gasteiger partial charge is 0.368 e. The van der Waals surface area contributed by atoms with E-state index in [1.807, 2.05) is 13.8 Å². The highest BCUT2D eigenvalue weighted by Gasteiger charge is 2.22. The number of carbonyl (C=O) groups excluding carboxylic acids is 1. The third-order valence-corrected chi connectivity index (χ3v) is 3.06. The van der Waals surface area contributed by atoms with Crippen LogP contribution in [-0.2, 0) is 4.79 Å². The minimum Gasteiger partial charge on any atom is -0.368 e. The maximum atomic E-state index is 11.5. The molecule has 2 unspecified atom stereocenters. The molecule has 0 aromatic carbocycles. The minimum absolute atomic E-state index is 0.124. The first kappa shape index (κ1) is 12.3. The van der Waals surface area contributed by atoms with Crippen molar-refractivity contribution in [1.29, 1.82) is 0 Å². The Morgan fingerprint density at radius 1 is 1.56 bits per heavy atom. The van der Waals surface area contributed by atoms with Crippen molar-refractivity contribution in [1.82, 2.24) is 20.2 Å². The van der Waals surface area contributed by atoms with Gasteiger partial charge in [0.1, 0.15) is 18.2 Å². The number of aromatic amines is 1. The summed E-state index contributed by atoms with van der Waals surface area (Å²) in [4.78, 5) is 19.6. The molecule has 2 aromatic rings. The van der Waals surface area contributed by atoms with Crippen molar-refractivity contribution in [3.05, 3.63) is 12.5 Å². The van der Waals surface area contributed by atoms with Gasteiger partial charge in [-0.05, 0) is 5.92 Å². The molecule has 0 aliphatic carbocycles. The maximum absolute atomic E-state index is 11.5. The third-order valence-electron chi connectivity index (χ3n) is 3.06. The van der Waals surface area contributed by atoms with E-state index >= 15 is 0 Å². The van der Waals surface area contributed by atoms with Gasteiger partial charge in [-0.1, -0.05) is 20.3 Å². The van der Waals surface area contributed by atoms with Crippen LogP contribution in [-0.4, -0.2) is 32.1 Å². The van der Waals surface area contributed by atoms with Gasteiger partial charge >= 0.3 is 0 Å². The molecule has 18 heavy (non-hydrogen) atoms. The molecule has 0 radical (unpaired) electrons. The molecule has 7 heteroatoms. The lowest BCUT2D eigenvalue weighted by molar-refractivity contribution is -0.119. The summed E-state index contributed by atoms with van der Waals surface area (Å²) in [6.07, 6.45) is 3.88. The van der Waals surface area contributed by atoms with E-state index in [-0.39, 0.29) is 11.8 Å². The molecule has 0 bridgehead atoms. The number of nitrogens with one attached hydrogen (secondary N) is 2. The minimum atomic E-state index is -0.456. The fourth-order valence-corrected chi connectivity index (χ4v) is 1.76. The molecule has 0 saturated heterocycles. The van der Waals surface area contributed by atoms with Gasteiger partial charge in [0.15, 0.2) is 5.65 Å². The van der Waals surface area contributed by atoms with Gasteiger partial charge in [-0.2, -0.15) is 5.10 Å². The van der Waals surface area contributed by atoms with Crippen LogP contribution in [0.15, 0.2) is 12.5 Å². The molecule has 4 N–H and O–H groups in total. The summed E-state index contributed by atoms with van der Waals surface area (Å²) >= 11 is 0. The molecule has 1 amide bonds. The van der Waals surface area contributed by atoms with E-state index in [1.165, 1.54) is 6.33 Å². The molecule has 2 atom stereocenters. The molecule has 7 nitrogen and oxygen atoms in total. The second-order valence-corrected chi connectivity index (χ2v) is 4.26. The number of amides is 1. The Kier molecular flexibility index (Phi) is 3.40. The standard InChI is InChI=1S/C11H16N6O/c1-3-6(2)8(9(12)18)16-10-7-4-15-17-11(7)14-5-13-10/h4-6,8H,3H2,1-2H3,(H2,12,18)(H2,13,14,15,16,17). The summed E-state index contributed by atoms with van der Waals surface area (Å²) in [5, 5.41) is 10.5. The van der Waals surface area contributed by atoms with Gasteiger partial charge in [0, 0.05) is 0 Å². The smallest absolute Gasteiger partial charge is 0.240 e. The van der Waals surface area contributed by atoms with Gasteiger partial charge in [0.2, 0.25) is 5.91 Å². The van der Waals surface area contributed by atoms with Crippen LogP contribution in [0.3, 0.4) is 0 Å². The fraction of sp³-hybridized carbons (Fsp3) is 0.455. The first-order valence-electron chi connectivity index (χ1n) is 5.83. The number of nitrogens with two attached hydrogens (primary N) is 1. The number of anilines is 1. The Bertz CT molecular complexity index is 551. The lowest BCUT2D eigenvalue weighted by atomic mass is 9.98. The van der Waals surface area contributed by atoms with Crippen LogP contribution in [0.1, 0.15) is 20.3 Å². The van der Waals surface area contributed by atoms with Crippen molar-refractivity contribution in [2.75, 3.05) is 5.32 Å². The highest BCUT2D eigenvalue weighted by molar-refractivity contribution is 5.89. The zero-order chi connectivity index (χ0) is 13.1. The normalized spacial score (nSPS) is 14.3. The first-order valence-corrected chi connectivity index (χ1v) is 5.83. The Morgan fingerprint density at radius 3 is 3.00 bits per heavy atom. The van der Waals surface area contributed by atoms with E-state index in [0.29, 0.717) is 11.5 Å². The molecule has 96 valence electrons. The quantitative estimate of drug-likeness (QED) is 0.720. The van der Waals surface area contributed by atoms with Crippen LogP contribution in [0, 0.1) is 5.92 Å². The first-order chi connectivity index (χ1) is 8.63. The van der Waals surface area contributed by atoms with Crippen LogP contribution in [0.2, 0.25) is 0 Å². The molecule has 2 heterocycles. The molecule has 0 saturated carbocycles. The molecular formula is C11H16N6O. The van der Waals surface area contributed by atoms with Crippen LogP contribution < -0.4 is 11.1 Å². The van der Waals surface area contributed by atoms with E-state index in [4.69, 9.17) is 5.73 Å². The number of hydrogen-bond donors (Lipinski definition) is 3. The van der Waals surface area contributed by atoms with Crippen LogP contribution >= 0.6 is 0 Å². The topological polar surface area (TPSA) is 110 Å². The number of nitrogens with zero attached hydrogens (tertiary/aromatic N) is 3. The lowest BCUT2D eigenvalue weighted by Crippen LogP contribution is -2.40. The SMILES string of the molecule is CCC(C)C(Nc1ncnc2[nH]ncc12)C(N)=O. The maximum Gasteiger partial charge on any atom is 0.240 e. The van der Waals surface area contributed by atoms with Crippen molar-refractivity contribution in [2.45, 2.75) is 26.3 Å². The van der Waals surface area contributed by atoms with Crippen LogP contribution in [0.4, 0.5) is 5.82 Å². The highest BCUT2D eigenvalue weighted by Crippen LogP contribution is 2.19. The zero-order valence-corrected chi connectivity index (χ0v) is 10.3. The van der Waals surface area contributed by atoms with E-state index in [0.717, 1.165) is 11.8 Å². The molecule has 2 rings (SSSR count). The number of carbonyl (C=O) groups is 1. The third kappa shape index (κ3) is 2.24. The van der Waals surface area contributed by atoms with Crippen LogP contribution in [0.5, 0.6) is 0 Å². The van der Waals surface area contributed by atoms with E-state index in [1.54, 1.807) is 6.20 Å². The highest BCUT2D eigenvalue weighted by atomic mass is 16.1. The van der Waals surface area contributed by atoms with E-state index in [9.17, 15) is 4.79 Å². The number of primary amides is 1. The zero-order valence-electron chi connectivity index (χ0n) is 10.3. The predicted molar refractivity (Wildman–Crippen MR) is 67.7 cm³/mol. The average molecular weight is 248 g/mol. The lowest BCUT2D eigenvalue weighted by Gasteiger charge is -2.21. The monoisotopic (exact) mass is 248 g/mol. The van der Waals surface area contributed by atoms with Gasteiger partial charge in [-0.25, -0.2) is 9.97 Å². The number of rotatable bonds is 5. The van der Waals surface area contributed by atoms with Gasteiger partial charge in [-0.15, -0.1) is 0 Å². The molecule has 0 spiro atoms. The summed E-state index contributed by atoms with van der Waals surface area (Å²) in [7, 11) is 0. The number of H-pyrrole nitrogens is 1. The molecule has 0 aliphatic heterocycles. The Labute approximate surface area is 104 Å². The van der Waals surface area contributed by atoms with Gasteiger partial charge in [0.05, 0.1) is 11.6 Å². The Hall–Kier alpha value is -2.18. The summed E-state index contributed by atoms with van der Waals surface area (Å²) < 4.78 is 0. The van der Waals surface area contributed by atoms with Gasteiger partial charge < -0.3 is 11.1 Å². The predicted octanol–water partition coefficient (Wildman–Crippen LogP) is 0.665. The second-order valence-electron chi connectivity index (χ2n) is 4.26. The second kappa shape index (κ2) is 4.99. The van der Waals surface area contributed by atoms with Crippen molar-refractivity contribution in [2.24, 2.45) is 11.7 Å². The summed E-state index contributed by atoms with van der Waals surface area (Å²) in [6.45, 7) is 3.98. The molecular weight excluding hydrogens is 232 g/mol. The van der Waals surface area contributed by atoms with Crippen molar-refractivity contribution in [3.8, 4) is 0 Å². The van der Waals surface area contributed by atoms with Crippen molar-refractivity contribution < 1.29 is 4.79 Å². The van der Waals surface area contributed by atoms with Crippen LogP contribution in [0.25, 0.3) is 11.0 Å². The Balaban J connectivity index is 2.31. The summed E-state index contributed by atoms with van der Waals surface area (Å²) in [6, 6.07) is -0.456. The van der Waals surface area contributed by atoms with Gasteiger partial charge in [0.25, 0.3) is 0 Å².